The molecule has 0 spiro atoms. The Morgan fingerprint density at radius 1 is 1.47 bits per heavy atom. The van der Waals surface area contributed by atoms with Gasteiger partial charge in [0.05, 0.1) is 0 Å². The first-order valence-corrected chi connectivity index (χ1v) is 6.27. The molecule has 0 aromatic heterocycles. The molecule has 0 aliphatic carbocycles. The van der Waals surface area contributed by atoms with E-state index in [9.17, 15) is 9.59 Å². The van der Waals surface area contributed by atoms with E-state index in [2.05, 4.69) is 10.6 Å². The van der Waals surface area contributed by atoms with Gasteiger partial charge in [0.1, 0.15) is 6.04 Å². The van der Waals surface area contributed by atoms with Gasteiger partial charge in [0, 0.05) is 12.3 Å². The van der Waals surface area contributed by atoms with E-state index in [-0.39, 0.29) is 0 Å². The first-order valence-electron chi connectivity index (χ1n) is 4.88. The third-order valence-electron chi connectivity index (χ3n) is 1.77. The van der Waals surface area contributed by atoms with E-state index in [4.69, 9.17) is 5.11 Å². The Labute approximate surface area is 94.0 Å². The van der Waals surface area contributed by atoms with Crippen LogP contribution in [0.1, 0.15) is 19.8 Å². The molecule has 0 rings (SSSR count). The summed E-state index contributed by atoms with van der Waals surface area (Å²) in [5.74, 6) is -0.171. The van der Waals surface area contributed by atoms with Crippen LogP contribution in [0.3, 0.4) is 0 Å². The van der Waals surface area contributed by atoms with Gasteiger partial charge in [0.25, 0.3) is 0 Å². The minimum absolute atomic E-state index is 0.412. The normalized spacial score (nSPS) is 11.9. The van der Waals surface area contributed by atoms with Gasteiger partial charge in [-0.15, -0.1) is 0 Å². The smallest absolute Gasteiger partial charge is 0.326 e. The fourth-order valence-corrected chi connectivity index (χ4v) is 1.33. The van der Waals surface area contributed by atoms with Crippen LogP contribution in [0.4, 0.5) is 4.79 Å². The predicted octanol–water partition coefficient (Wildman–Crippen LogP) is 0.902. The van der Waals surface area contributed by atoms with E-state index in [0.717, 1.165) is 12.2 Å². The third-order valence-corrected chi connectivity index (χ3v) is 2.38. The Hall–Kier alpha value is -0.910. The minimum Gasteiger partial charge on any atom is -0.480 e. The van der Waals surface area contributed by atoms with Crippen molar-refractivity contribution < 1.29 is 14.7 Å². The number of aliphatic carboxylic acids is 1. The molecule has 3 N–H and O–H groups in total. The standard InChI is InChI=1S/C9H18N2O3S/c1-3-4-7(8(12)13)11-9(14)10-5-6-15-2/h7H,3-6H2,1-2H3,(H,12,13)(H2,10,11,14)/t7-/m0/s1. The highest BCUT2D eigenvalue weighted by Gasteiger charge is 2.17. The average Bonchev–Trinajstić information content (AvgIpc) is 2.17. The van der Waals surface area contributed by atoms with Gasteiger partial charge in [-0.3, -0.25) is 0 Å². The van der Waals surface area contributed by atoms with Crippen molar-refractivity contribution in [1.29, 1.82) is 0 Å². The van der Waals surface area contributed by atoms with E-state index in [1.165, 1.54) is 0 Å². The summed E-state index contributed by atoms with van der Waals surface area (Å²) in [4.78, 5) is 21.9. The molecule has 0 aromatic rings. The second-order valence-electron chi connectivity index (χ2n) is 3.07. The lowest BCUT2D eigenvalue weighted by molar-refractivity contribution is -0.139. The first-order chi connectivity index (χ1) is 7.11. The number of hydrogen-bond acceptors (Lipinski definition) is 3. The molecule has 0 bridgehead atoms. The minimum atomic E-state index is -0.989. The zero-order valence-corrected chi connectivity index (χ0v) is 9.89. The second kappa shape index (κ2) is 8.40. The molecule has 0 aliphatic rings. The van der Waals surface area contributed by atoms with Crippen molar-refractivity contribution in [3.63, 3.8) is 0 Å². The summed E-state index contributed by atoms with van der Waals surface area (Å²) >= 11 is 1.62. The molecular formula is C9H18N2O3S. The highest BCUT2D eigenvalue weighted by atomic mass is 32.2. The van der Waals surface area contributed by atoms with Crippen molar-refractivity contribution in [2.24, 2.45) is 0 Å². The van der Waals surface area contributed by atoms with Crippen molar-refractivity contribution >= 4 is 23.8 Å². The Morgan fingerprint density at radius 2 is 2.13 bits per heavy atom. The fourth-order valence-electron chi connectivity index (χ4n) is 1.02. The van der Waals surface area contributed by atoms with E-state index < -0.39 is 18.0 Å². The van der Waals surface area contributed by atoms with Gasteiger partial charge < -0.3 is 15.7 Å². The van der Waals surface area contributed by atoms with Gasteiger partial charge in [-0.1, -0.05) is 13.3 Å². The Bertz CT molecular complexity index is 212. The van der Waals surface area contributed by atoms with Crippen molar-refractivity contribution in [3.8, 4) is 0 Å². The molecule has 0 heterocycles. The van der Waals surface area contributed by atoms with Crippen LogP contribution in [0.5, 0.6) is 0 Å². The highest BCUT2D eigenvalue weighted by Crippen LogP contribution is 1.96. The van der Waals surface area contributed by atoms with E-state index in [0.29, 0.717) is 13.0 Å². The molecule has 2 amide bonds. The summed E-state index contributed by atoms with van der Waals surface area (Å²) < 4.78 is 0. The molecular weight excluding hydrogens is 216 g/mol. The summed E-state index contributed by atoms with van der Waals surface area (Å²) in [6.45, 7) is 2.43. The highest BCUT2D eigenvalue weighted by molar-refractivity contribution is 7.98. The van der Waals surface area contributed by atoms with Crippen molar-refractivity contribution in [1.82, 2.24) is 10.6 Å². The largest absolute Gasteiger partial charge is 0.480 e. The zero-order chi connectivity index (χ0) is 11.7. The number of rotatable bonds is 7. The zero-order valence-electron chi connectivity index (χ0n) is 9.08. The molecule has 15 heavy (non-hydrogen) atoms. The van der Waals surface area contributed by atoms with Gasteiger partial charge in [-0.25, -0.2) is 9.59 Å². The maximum atomic E-state index is 11.2. The number of hydrogen-bond donors (Lipinski definition) is 3. The first kappa shape index (κ1) is 14.1. The van der Waals surface area contributed by atoms with Crippen molar-refractivity contribution in [2.45, 2.75) is 25.8 Å². The molecule has 0 saturated heterocycles. The van der Waals surface area contributed by atoms with Crippen molar-refractivity contribution in [3.05, 3.63) is 0 Å². The van der Waals surface area contributed by atoms with Crippen LogP contribution in [0.2, 0.25) is 0 Å². The van der Waals surface area contributed by atoms with Crippen LogP contribution in [0.25, 0.3) is 0 Å². The van der Waals surface area contributed by atoms with Crippen LogP contribution in [-0.2, 0) is 4.79 Å². The monoisotopic (exact) mass is 234 g/mol. The number of thioether (sulfide) groups is 1. The molecule has 1 atom stereocenters. The molecule has 0 saturated carbocycles. The maximum absolute atomic E-state index is 11.2. The third kappa shape index (κ3) is 7.07. The van der Waals surface area contributed by atoms with Gasteiger partial charge in [-0.05, 0) is 12.7 Å². The lowest BCUT2D eigenvalue weighted by Gasteiger charge is -2.13. The summed E-state index contributed by atoms with van der Waals surface area (Å²) in [6.07, 6.45) is 3.12. The molecule has 0 radical (unpaired) electrons. The lowest BCUT2D eigenvalue weighted by Crippen LogP contribution is -2.46. The van der Waals surface area contributed by atoms with Gasteiger partial charge in [0.2, 0.25) is 0 Å². The Kier molecular flexibility index (Phi) is 7.89. The summed E-state index contributed by atoms with van der Waals surface area (Å²) in [5.41, 5.74) is 0. The molecule has 0 fully saturated rings. The molecule has 6 heteroatoms. The fraction of sp³-hybridized carbons (Fsp3) is 0.778. The number of carbonyl (C=O) groups is 2. The van der Waals surface area contributed by atoms with E-state index in [1.54, 1.807) is 11.8 Å². The molecule has 0 unspecified atom stereocenters. The van der Waals surface area contributed by atoms with Gasteiger partial charge in [-0.2, -0.15) is 11.8 Å². The Morgan fingerprint density at radius 3 is 2.60 bits per heavy atom. The van der Waals surface area contributed by atoms with E-state index in [1.807, 2.05) is 13.2 Å². The van der Waals surface area contributed by atoms with Crippen LogP contribution in [0, 0.1) is 0 Å². The molecule has 88 valence electrons. The number of amides is 2. The van der Waals surface area contributed by atoms with Crippen LogP contribution in [-0.4, -0.2) is 41.7 Å². The topological polar surface area (TPSA) is 78.4 Å². The number of carbonyl (C=O) groups excluding carboxylic acids is 1. The lowest BCUT2D eigenvalue weighted by atomic mass is 10.2. The maximum Gasteiger partial charge on any atom is 0.326 e. The van der Waals surface area contributed by atoms with Gasteiger partial charge >= 0.3 is 12.0 Å². The van der Waals surface area contributed by atoms with Crippen LogP contribution >= 0.6 is 11.8 Å². The van der Waals surface area contributed by atoms with Crippen molar-refractivity contribution in [2.75, 3.05) is 18.6 Å². The van der Waals surface area contributed by atoms with Crippen LogP contribution < -0.4 is 10.6 Å². The predicted molar refractivity (Wildman–Crippen MR) is 61.2 cm³/mol. The average molecular weight is 234 g/mol. The second-order valence-corrected chi connectivity index (χ2v) is 4.06. The van der Waals surface area contributed by atoms with Gasteiger partial charge in [0.15, 0.2) is 0 Å². The number of nitrogens with one attached hydrogen (secondary N) is 2. The molecule has 5 nitrogen and oxygen atoms in total. The summed E-state index contributed by atoms with van der Waals surface area (Å²) in [6, 6.07) is -1.20. The van der Waals surface area contributed by atoms with Crippen LogP contribution in [0.15, 0.2) is 0 Å². The number of carboxylic acids is 1. The summed E-state index contributed by atoms with van der Waals surface area (Å²) in [5, 5.41) is 13.8. The van der Waals surface area contributed by atoms with E-state index >= 15 is 0 Å². The SMILES string of the molecule is CCC[C@H](NC(=O)NCCSC)C(=O)O. The molecule has 0 aromatic carbocycles. The number of carboxylic acid groups (broad SMARTS) is 1. The Balaban J connectivity index is 3.84. The summed E-state index contributed by atoms with van der Waals surface area (Å²) in [7, 11) is 0. The quantitative estimate of drug-likeness (QED) is 0.572. The molecule has 0 aliphatic heterocycles. The number of urea groups is 1.